The van der Waals surface area contributed by atoms with E-state index in [1.54, 1.807) is 18.2 Å². The predicted molar refractivity (Wildman–Crippen MR) is 120 cm³/mol. The number of carbonyl (C=O) groups is 1. The van der Waals surface area contributed by atoms with Gasteiger partial charge >= 0.3 is 0 Å². The Labute approximate surface area is 182 Å². The van der Waals surface area contributed by atoms with E-state index in [0.717, 1.165) is 30.9 Å². The van der Waals surface area contributed by atoms with Gasteiger partial charge in [-0.15, -0.1) is 11.3 Å². The van der Waals surface area contributed by atoms with E-state index in [2.05, 4.69) is 24.1 Å². The maximum absolute atomic E-state index is 12.6. The van der Waals surface area contributed by atoms with E-state index in [1.807, 2.05) is 0 Å². The average molecular weight is 455 g/mol. The van der Waals surface area contributed by atoms with Crippen molar-refractivity contribution in [2.75, 3.05) is 26.2 Å². The molecule has 0 unspecified atom stereocenters. The largest absolute Gasteiger partial charge is 0.351 e. The number of nitrogens with one attached hydrogen (secondary N) is 1. The normalized spacial score (nSPS) is 14.5. The molecule has 5 nitrogen and oxygen atoms in total. The van der Waals surface area contributed by atoms with Gasteiger partial charge in [-0.3, -0.25) is 4.79 Å². The second-order valence-electron chi connectivity index (χ2n) is 7.26. The van der Waals surface area contributed by atoms with E-state index in [0.29, 0.717) is 27.6 Å². The third-order valence-electron chi connectivity index (χ3n) is 5.11. The van der Waals surface area contributed by atoms with Gasteiger partial charge in [0.05, 0.1) is 15.5 Å². The van der Waals surface area contributed by atoms with Crippen LogP contribution < -0.4 is 5.32 Å². The van der Waals surface area contributed by atoms with Gasteiger partial charge in [0.1, 0.15) is 0 Å². The van der Waals surface area contributed by atoms with Crippen LogP contribution in [0.3, 0.4) is 0 Å². The Balaban J connectivity index is 1.65. The number of amides is 1. The Bertz CT molecular complexity index is 986. The first-order valence-corrected chi connectivity index (χ1v) is 12.9. The molecule has 2 aromatic rings. The monoisotopic (exact) mass is 454 g/mol. The molecule has 0 saturated carbocycles. The number of sulfone groups is 1. The Morgan fingerprint density at radius 1 is 1.21 bits per heavy atom. The fourth-order valence-corrected chi connectivity index (χ4v) is 6.63. The van der Waals surface area contributed by atoms with E-state index in [4.69, 9.17) is 11.6 Å². The zero-order valence-corrected chi connectivity index (χ0v) is 19.2. The average Bonchev–Trinajstić information content (AvgIpc) is 3.10. The highest BCUT2D eigenvalue weighted by molar-refractivity contribution is 7.91. The van der Waals surface area contributed by atoms with Crippen LogP contribution in [0.4, 0.5) is 0 Å². The second kappa shape index (κ2) is 9.60. The van der Waals surface area contributed by atoms with Gasteiger partial charge in [-0.05, 0) is 56.2 Å². The van der Waals surface area contributed by atoms with Crippen molar-refractivity contribution in [3.8, 4) is 10.4 Å². The van der Waals surface area contributed by atoms with Gasteiger partial charge in [-0.25, -0.2) is 8.42 Å². The van der Waals surface area contributed by atoms with Gasteiger partial charge in [0, 0.05) is 22.0 Å². The SMILES string of the molecule is CCCCN(CC)CCCNC(=O)c1cc2c(s1)-c1ccc(Cl)cc1S(=O)(=O)C2. The second-order valence-corrected chi connectivity index (χ2v) is 10.7. The zero-order chi connectivity index (χ0) is 21.0. The van der Waals surface area contributed by atoms with Crippen molar-refractivity contribution in [2.45, 2.75) is 43.8 Å². The van der Waals surface area contributed by atoms with Crippen molar-refractivity contribution >= 4 is 38.7 Å². The van der Waals surface area contributed by atoms with E-state index in [-0.39, 0.29) is 16.6 Å². The summed E-state index contributed by atoms with van der Waals surface area (Å²) >= 11 is 7.33. The predicted octanol–water partition coefficient (Wildman–Crippen LogP) is 4.60. The van der Waals surface area contributed by atoms with Crippen LogP contribution in [0.2, 0.25) is 5.02 Å². The molecule has 0 fully saturated rings. The molecule has 0 bridgehead atoms. The summed E-state index contributed by atoms with van der Waals surface area (Å²) in [5, 5.41) is 3.37. The number of fused-ring (bicyclic) bond motifs is 3. The molecule has 1 amide bonds. The maximum Gasteiger partial charge on any atom is 0.261 e. The van der Waals surface area contributed by atoms with Gasteiger partial charge in [0.2, 0.25) is 0 Å². The smallest absolute Gasteiger partial charge is 0.261 e. The quantitative estimate of drug-likeness (QED) is 0.562. The van der Waals surface area contributed by atoms with Crippen molar-refractivity contribution in [1.29, 1.82) is 0 Å². The van der Waals surface area contributed by atoms with Crippen LogP contribution in [0.25, 0.3) is 10.4 Å². The lowest BCUT2D eigenvalue weighted by molar-refractivity contribution is 0.0955. The summed E-state index contributed by atoms with van der Waals surface area (Å²) in [5.74, 6) is -0.239. The van der Waals surface area contributed by atoms with E-state index >= 15 is 0 Å². The fraction of sp³-hybridized carbons (Fsp3) is 0.476. The lowest BCUT2D eigenvalue weighted by Gasteiger charge is -2.19. The van der Waals surface area contributed by atoms with Crippen LogP contribution in [0.1, 0.15) is 48.3 Å². The molecular weight excluding hydrogens is 428 g/mol. The Kier molecular flexibility index (Phi) is 7.37. The number of benzene rings is 1. The number of rotatable bonds is 9. The highest BCUT2D eigenvalue weighted by Gasteiger charge is 2.31. The first-order valence-electron chi connectivity index (χ1n) is 10.0. The summed E-state index contributed by atoms with van der Waals surface area (Å²) < 4.78 is 25.2. The molecule has 1 aliphatic rings. The van der Waals surface area contributed by atoms with Crippen LogP contribution in [0.5, 0.6) is 0 Å². The van der Waals surface area contributed by atoms with Gasteiger partial charge < -0.3 is 10.2 Å². The van der Waals surface area contributed by atoms with Gasteiger partial charge in [0.15, 0.2) is 9.84 Å². The van der Waals surface area contributed by atoms with E-state index < -0.39 is 9.84 Å². The van der Waals surface area contributed by atoms with Crippen LogP contribution >= 0.6 is 22.9 Å². The first-order chi connectivity index (χ1) is 13.9. The molecule has 8 heteroatoms. The molecular formula is C21H27ClN2O3S2. The summed E-state index contributed by atoms with van der Waals surface area (Å²) in [7, 11) is -3.45. The molecule has 0 radical (unpaired) electrons. The van der Waals surface area contributed by atoms with Gasteiger partial charge in [-0.1, -0.05) is 37.9 Å². The number of halogens is 1. The zero-order valence-electron chi connectivity index (χ0n) is 16.8. The number of hydrogen-bond acceptors (Lipinski definition) is 5. The van der Waals surface area contributed by atoms with E-state index in [1.165, 1.54) is 30.2 Å². The van der Waals surface area contributed by atoms with Gasteiger partial charge in [-0.2, -0.15) is 0 Å². The van der Waals surface area contributed by atoms with Crippen LogP contribution in [0, 0.1) is 0 Å². The standard InChI is InChI=1S/C21H27ClN2O3S2/c1-3-5-10-24(4-2)11-6-9-23-21(25)18-12-15-14-29(26,27)19-13-16(22)7-8-17(19)20(15)28-18/h7-8,12-13H,3-6,9-11,14H2,1-2H3,(H,23,25). The Hall–Kier alpha value is -1.41. The lowest BCUT2D eigenvalue weighted by atomic mass is 10.1. The minimum atomic E-state index is -3.45. The van der Waals surface area contributed by atoms with Crippen molar-refractivity contribution in [1.82, 2.24) is 10.2 Å². The highest BCUT2D eigenvalue weighted by Crippen LogP contribution is 2.43. The summed E-state index contributed by atoms with van der Waals surface area (Å²) in [6, 6.07) is 6.61. The fourth-order valence-electron chi connectivity index (χ4n) is 3.50. The van der Waals surface area contributed by atoms with Crippen LogP contribution in [-0.4, -0.2) is 45.4 Å². The summed E-state index contributed by atoms with van der Waals surface area (Å²) in [6.07, 6.45) is 3.27. The molecule has 1 aromatic heterocycles. The molecule has 29 heavy (non-hydrogen) atoms. The molecule has 0 aliphatic carbocycles. The highest BCUT2D eigenvalue weighted by atomic mass is 35.5. The third-order valence-corrected chi connectivity index (χ3v) is 8.26. The topological polar surface area (TPSA) is 66.5 Å². The van der Waals surface area contributed by atoms with Crippen molar-refractivity contribution in [3.63, 3.8) is 0 Å². The summed E-state index contributed by atoms with van der Waals surface area (Å²) in [4.78, 5) is 16.6. The number of nitrogens with zero attached hydrogens (tertiary/aromatic N) is 1. The Morgan fingerprint density at radius 2 is 1.97 bits per heavy atom. The first kappa shape index (κ1) is 22.3. The number of unbranched alkanes of at least 4 members (excludes halogenated alkanes) is 1. The maximum atomic E-state index is 12.6. The lowest BCUT2D eigenvalue weighted by Crippen LogP contribution is -2.30. The molecule has 0 atom stereocenters. The molecule has 0 spiro atoms. The number of carbonyl (C=O) groups excluding carboxylic acids is 1. The van der Waals surface area contributed by atoms with Crippen molar-refractivity contribution < 1.29 is 13.2 Å². The molecule has 2 heterocycles. The molecule has 3 rings (SSSR count). The number of hydrogen-bond donors (Lipinski definition) is 1. The summed E-state index contributed by atoms with van der Waals surface area (Å²) in [6.45, 7) is 8.02. The number of thiophene rings is 1. The van der Waals surface area contributed by atoms with Gasteiger partial charge in [0.25, 0.3) is 5.91 Å². The minimum Gasteiger partial charge on any atom is -0.351 e. The molecule has 1 aliphatic heterocycles. The third kappa shape index (κ3) is 5.20. The molecule has 158 valence electrons. The van der Waals surface area contributed by atoms with Crippen LogP contribution in [-0.2, 0) is 15.6 Å². The van der Waals surface area contributed by atoms with Crippen LogP contribution in [0.15, 0.2) is 29.2 Å². The molecule has 1 aromatic carbocycles. The Morgan fingerprint density at radius 3 is 2.69 bits per heavy atom. The summed E-state index contributed by atoms with van der Waals surface area (Å²) in [5.41, 5.74) is 1.32. The van der Waals surface area contributed by atoms with E-state index in [9.17, 15) is 13.2 Å². The van der Waals surface area contributed by atoms with Crippen molar-refractivity contribution in [3.05, 3.63) is 39.7 Å². The van der Waals surface area contributed by atoms with Crippen molar-refractivity contribution in [2.24, 2.45) is 0 Å². The molecule has 0 saturated heterocycles. The molecule has 1 N–H and O–H groups in total. The minimum absolute atomic E-state index is 0.0949.